The summed E-state index contributed by atoms with van der Waals surface area (Å²) in [5, 5.41) is 0.0987. The monoisotopic (exact) mass is 161 g/mol. The molecule has 0 aliphatic heterocycles. The minimum Gasteiger partial charge on any atom is -0.320 e. The minimum absolute atomic E-state index is 0.0987. The van der Waals surface area contributed by atoms with Gasteiger partial charge in [-0.3, -0.25) is 0 Å². The zero-order valence-corrected chi connectivity index (χ0v) is 7.74. The van der Waals surface area contributed by atoms with Crippen LogP contribution in [0.2, 0.25) is 0 Å². The number of rotatable bonds is 6. The molecule has 1 atom stereocenters. The third-order valence-electron chi connectivity index (χ3n) is 1.60. The third-order valence-corrected chi connectivity index (χ3v) is 1.86. The highest BCUT2D eigenvalue weighted by atomic mass is 32.1. The highest BCUT2D eigenvalue weighted by Gasteiger charge is 1.93. The second-order valence-electron chi connectivity index (χ2n) is 2.77. The Labute approximate surface area is 69.8 Å². The van der Waals surface area contributed by atoms with Gasteiger partial charge >= 0.3 is 0 Å². The molecule has 1 nitrogen and oxygen atoms in total. The van der Waals surface area contributed by atoms with Gasteiger partial charge in [-0.2, -0.15) is 12.6 Å². The molecule has 62 valence electrons. The fraction of sp³-hybridized carbons (Fsp3) is 1.00. The van der Waals surface area contributed by atoms with E-state index >= 15 is 0 Å². The molecule has 0 heterocycles. The van der Waals surface area contributed by atoms with Gasteiger partial charge in [-0.15, -0.1) is 0 Å². The van der Waals surface area contributed by atoms with Crippen molar-refractivity contribution in [3.8, 4) is 0 Å². The third kappa shape index (κ3) is 8.31. The highest BCUT2D eigenvalue weighted by molar-refractivity contribution is 7.80. The van der Waals surface area contributed by atoms with Crippen LogP contribution in [0.5, 0.6) is 0 Å². The summed E-state index contributed by atoms with van der Waals surface area (Å²) in [7, 11) is 0. The second kappa shape index (κ2) is 7.42. The molecule has 0 radical (unpaired) electrons. The van der Waals surface area contributed by atoms with Gasteiger partial charge in [-0.25, -0.2) is 0 Å². The molecule has 0 aliphatic carbocycles. The zero-order chi connectivity index (χ0) is 7.82. The first-order valence-electron chi connectivity index (χ1n) is 4.21. The van der Waals surface area contributed by atoms with E-state index in [0.717, 1.165) is 6.42 Å². The molecule has 1 unspecified atom stereocenters. The number of thiol groups is 1. The molecular formula is C8H19NS. The summed E-state index contributed by atoms with van der Waals surface area (Å²) in [6.07, 6.45) is 7.66. The summed E-state index contributed by atoms with van der Waals surface area (Å²) in [6, 6.07) is 0. The van der Waals surface area contributed by atoms with Crippen molar-refractivity contribution in [2.75, 3.05) is 0 Å². The van der Waals surface area contributed by atoms with Gasteiger partial charge < -0.3 is 5.73 Å². The van der Waals surface area contributed by atoms with Gasteiger partial charge in [-0.1, -0.05) is 39.0 Å². The van der Waals surface area contributed by atoms with E-state index in [1.54, 1.807) is 0 Å². The Morgan fingerprint density at radius 1 is 1.20 bits per heavy atom. The Morgan fingerprint density at radius 3 is 2.30 bits per heavy atom. The predicted molar refractivity (Wildman–Crippen MR) is 50.3 cm³/mol. The van der Waals surface area contributed by atoms with E-state index in [2.05, 4.69) is 19.6 Å². The van der Waals surface area contributed by atoms with Crippen molar-refractivity contribution in [1.29, 1.82) is 0 Å². The molecule has 0 spiro atoms. The van der Waals surface area contributed by atoms with Gasteiger partial charge in [0.05, 0.1) is 0 Å². The van der Waals surface area contributed by atoms with Crippen LogP contribution in [0.3, 0.4) is 0 Å². The van der Waals surface area contributed by atoms with Crippen LogP contribution < -0.4 is 5.73 Å². The molecule has 0 saturated heterocycles. The Hall–Kier alpha value is 0.310. The largest absolute Gasteiger partial charge is 0.320 e. The van der Waals surface area contributed by atoms with Crippen molar-refractivity contribution in [3.63, 3.8) is 0 Å². The predicted octanol–water partition coefficient (Wildman–Crippen LogP) is 2.56. The molecule has 0 aromatic heterocycles. The van der Waals surface area contributed by atoms with Gasteiger partial charge in [0.25, 0.3) is 0 Å². The number of unbranched alkanes of at least 4 members (excludes halogenated alkanes) is 4. The van der Waals surface area contributed by atoms with Gasteiger partial charge in [0.2, 0.25) is 0 Å². The van der Waals surface area contributed by atoms with E-state index < -0.39 is 0 Å². The lowest BCUT2D eigenvalue weighted by atomic mass is 10.1. The van der Waals surface area contributed by atoms with Gasteiger partial charge in [0, 0.05) is 5.37 Å². The molecule has 0 saturated carbocycles. The molecule has 10 heavy (non-hydrogen) atoms. The molecule has 0 aliphatic rings. The molecule has 2 N–H and O–H groups in total. The fourth-order valence-corrected chi connectivity index (χ4v) is 1.14. The molecule has 0 rings (SSSR count). The standard InChI is InChI=1S/C8H19NS/c1-2-3-4-5-6-7-8(9)10/h8,10H,2-7,9H2,1H3. The normalized spacial score (nSPS) is 13.5. The lowest BCUT2D eigenvalue weighted by Crippen LogP contribution is -2.10. The lowest BCUT2D eigenvalue weighted by molar-refractivity contribution is 0.602. The fourth-order valence-electron chi connectivity index (χ4n) is 0.957. The van der Waals surface area contributed by atoms with Crippen LogP contribution in [0.25, 0.3) is 0 Å². The number of hydrogen-bond donors (Lipinski definition) is 2. The number of nitrogens with two attached hydrogens (primary N) is 1. The van der Waals surface area contributed by atoms with Crippen molar-refractivity contribution in [2.45, 2.75) is 50.8 Å². The maximum absolute atomic E-state index is 5.47. The van der Waals surface area contributed by atoms with E-state index in [4.69, 9.17) is 5.73 Å². The van der Waals surface area contributed by atoms with E-state index in [9.17, 15) is 0 Å². The summed E-state index contributed by atoms with van der Waals surface area (Å²) in [6.45, 7) is 2.23. The van der Waals surface area contributed by atoms with E-state index in [-0.39, 0.29) is 5.37 Å². The molecule has 0 amide bonds. The summed E-state index contributed by atoms with van der Waals surface area (Å²) >= 11 is 4.10. The smallest absolute Gasteiger partial charge is 0.0477 e. The van der Waals surface area contributed by atoms with Gasteiger partial charge in [-0.05, 0) is 6.42 Å². The van der Waals surface area contributed by atoms with Crippen LogP contribution in [0.4, 0.5) is 0 Å². The first-order chi connectivity index (χ1) is 4.77. The van der Waals surface area contributed by atoms with Crippen LogP contribution in [0, 0.1) is 0 Å². The SMILES string of the molecule is CCCCCCCC(N)S. The van der Waals surface area contributed by atoms with Crippen molar-refractivity contribution in [3.05, 3.63) is 0 Å². The Balaban J connectivity index is 2.77. The zero-order valence-electron chi connectivity index (χ0n) is 6.84. The van der Waals surface area contributed by atoms with Crippen LogP contribution >= 0.6 is 12.6 Å². The molecule has 2 heteroatoms. The minimum atomic E-state index is 0.0987. The summed E-state index contributed by atoms with van der Waals surface area (Å²) in [5.41, 5.74) is 5.47. The molecule has 0 aromatic carbocycles. The summed E-state index contributed by atoms with van der Waals surface area (Å²) in [4.78, 5) is 0. The quantitative estimate of drug-likeness (QED) is 0.349. The Kier molecular flexibility index (Phi) is 7.65. The topological polar surface area (TPSA) is 26.0 Å². The first-order valence-corrected chi connectivity index (χ1v) is 4.72. The highest BCUT2D eigenvalue weighted by Crippen LogP contribution is 2.07. The maximum Gasteiger partial charge on any atom is 0.0477 e. The lowest BCUT2D eigenvalue weighted by Gasteiger charge is -2.02. The maximum atomic E-state index is 5.47. The van der Waals surface area contributed by atoms with E-state index in [1.807, 2.05) is 0 Å². The van der Waals surface area contributed by atoms with Crippen molar-refractivity contribution in [2.24, 2.45) is 5.73 Å². The van der Waals surface area contributed by atoms with Crippen LogP contribution in [-0.4, -0.2) is 5.37 Å². The Bertz CT molecular complexity index is 64.3. The summed E-state index contributed by atoms with van der Waals surface area (Å²) < 4.78 is 0. The molecule has 0 fully saturated rings. The van der Waals surface area contributed by atoms with Crippen molar-refractivity contribution in [1.82, 2.24) is 0 Å². The van der Waals surface area contributed by atoms with Crippen LogP contribution in [-0.2, 0) is 0 Å². The van der Waals surface area contributed by atoms with Crippen LogP contribution in [0.15, 0.2) is 0 Å². The first kappa shape index (κ1) is 10.3. The van der Waals surface area contributed by atoms with E-state index in [1.165, 1.54) is 32.1 Å². The van der Waals surface area contributed by atoms with Crippen molar-refractivity contribution < 1.29 is 0 Å². The van der Waals surface area contributed by atoms with Gasteiger partial charge in [0.15, 0.2) is 0 Å². The molecular weight excluding hydrogens is 142 g/mol. The Morgan fingerprint density at radius 2 is 1.80 bits per heavy atom. The van der Waals surface area contributed by atoms with Crippen LogP contribution in [0.1, 0.15) is 45.4 Å². The van der Waals surface area contributed by atoms with Gasteiger partial charge in [0.1, 0.15) is 0 Å². The second-order valence-corrected chi connectivity index (χ2v) is 3.43. The average molecular weight is 161 g/mol. The molecule has 0 aromatic rings. The summed E-state index contributed by atoms with van der Waals surface area (Å²) in [5.74, 6) is 0. The van der Waals surface area contributed by atoms with Crippen molar-refractivity contribution >= 4 is 12.6 Å². The van der Waals surface area contributed by atoms with E-state index in [0.29, 0.717) is 0 Å². The molecule has 0 bridgehead atoms. The average Bonchev–Trinajstić information content (AvgIpc) is 1.87. The number of hydrogen-bond acceptors (Lipinski definition) is 2.